The molecule has 1 aromatic carbocycles. The van der Waals surface area contributed by atoms with E-state index in [-0.39, 0.29) is 11.4 Å². The van der Waals surface area contributed by atoms with E-state index in [2.05, 4.69) is 10.1 Å². The number of para-hydroxylation sites is 2. The number of benzene rings is 1. The number of hydrogen-bond donors (Lipinski definition) is 2. The maximum absolute atomic E-state index is 12.1. The van der Waals surface area contributed by atoms with Gasteiger partial charge < -0.3 is 15.2 Å². The Morgan fingerprint density at radius 1 is 1.41 bits per heavy atom. The topological polar surface area (TPSA) is 58.6 Å². The van der Waals surface area contributed by atoms with Gasteiger partial charge in [-0.2, -0.15) is 8.78 Å². The highest BCUT2D eigenvalue weighted by molar-refractivity contribution is 5.97. The molecule has 17 heavy (non-hydrogen) atoms. The molecule has 0 radical (unpaired) electrons. The quantitative estimate of drug-likeness (QED) is 0.852. The van der Waals surface area contributed by atoms with E-state index in [0.717, 1.165) is 0 Å². The van der Waals surface area contributed by atoms with Gasteiger partial charge in [0.1, 0.15) is 11.4 Å². The number of nitrogens with one attached hydrogen (secondary N) is 1. The van der Waals surface area contributed by atoms with E-state index in [1.165, 1.54) is 32.0 Å². The van der Waals surface area contributed by atoms with Gasteiger partial charge in [-0.05, 0) is 26.0 Å². The number of carbonyl (C=O) groups is 1. The van der Waals surface area contributed by atoms with Gasteiger partial charge in [-0.1, -0.05) is 12.1 Å². The summed E-state index contributed by atoms with van der Waals surface area (Å²) in [6.07, 6.45) is 0. The average molecular weight is 245 g/mol. The van der Waals surface area contributed by atoms with Gasteiger partial charge in [-0.15, -0.1) is 0 Å². The second-order valence-corrected chi connectivity index (χ2v) is 3.89. The van der Waals surface area contributed by atoms with E-state index in [1.54, 1.807) is 6.07 Å². The van der Waals surface area contributed by atoms with Crippen LogP contribution < -0.4 is 10.1 Å². The molecule has 0 aliphatic carbocycles. The summed E-state index contributed by atoms with van der Waals surface area (Å²) in [6, 6.07) is 5.75. The van der Waals surface area contributed by atoms with Crippen molar-refractivity contribution in [1.29, 1.82) is 0 Å². The number of ether oxygens (including phenoxy) is 1. The lowest BCUT2D eigenvalue weighted by Crippen LogP contribution is -2.36. The molecule has 0 aliphatic rings. The van der Waals surface area contributed by atoms with Gasteiger partial charge >= 0.3 is 6.61 Å². The van der Waals surface area contributed by atoms with E-state index in [0.29, 0.717) is 0 Å². The maximum atomic E-state index is 12.1. The standard InChI is InChI=1S/C11H13F2NO3/c1-11(2,16)9(15)14-7-5-3-4-6-8(7)17-10(12)13/h3-6,10,16H,1-2H3,(H,14,15). The number of aliphatic hydroxyl groups is 1. The first-order valence-corrected chi connectivity index (χ1v) is 4.88. The predicted octanol–water partition coefficient (Wildman–Crippen LogP) is 2.00. The van der Waals surface area contributed by atoms with Crippen molar-refractivity contribution in [3.63, 3.8) is 0 Å². The lowest BCUT2D eigenvalue weighted by molar-refractivity contribution is -0.130. The first kappa shape index (κ1) is 13.4. The first-order chi connectivity index (χ1) is 7.80. The number of halogens is 2. The first-order valence-electron chi connectivity index (χ1n) is 4.88. The zero-order valence-corrected chi connectivity index (χ0v) is 9.41. The van der Waals surface area contributed by atoms with Gasteiger partial charge in [0.05, 0.1) is 5.69 Å². The highest BCUT2D eigenvalue weighted by Gasteiger charge is 2.24. The van der Waals surface area contributed by atoms with Crippen molar-refractivity contribution in [2.75, 3.05) is 5.32 Å². The summed E-state index contributed by atoms with van der Waals surface area (Å²) in [5, 5.41) is 11.7. The van der Waals surface area contributed by atoms with Gasteiger partial charge in [-0.25, -0.2) is 0 Å². The molecule has 0 fully saturated rings. The van der Waals surface area contributed by atoms with Crippen LogP contribution in [0.3, 0.4) is 0 Å². The molecule has 2 N–H and O–H groups in total. The van der Waals surface area contributed by atoms with Gasteiger partial charge in [0.25, 0.3) is 5.91 Å². The number of alkyl halides is 2. The molecule has 0 aliphatic heterocycles. The van der Waals surface area contributed by atoms with Crippen LogP contribution in [0.1, 0.15) is 13.8 Å². The number of anilines is 1. The third-order valence-electron chi connectivity index (χ3n) is 1.91. The van der Waals surface area contributed by atoms with Crippen LogP contribution in [-0.4, -0.2) is 23.2 Å². The second-order valence-electron chi connectivity index (χ2n) is 3.89. The van der Waals surface area contributed by atoms with Crippen LogP contribution in [0.4, 0.5) is 14.5 Å². The van der Waals surface area contributed by atoms with Crippen molar-refractivity contribution in [1.82, 2.24) is 0 Å². The van der Waals surface area contributed by atoms with Crippen molar-refractivity contribution in [3.8, 4) is 5.75 Å². The molecule has 0 bridgehead atoms. The fourth-order valence-corrected chi connectivity index (χ4v) is 1.04. The number of rotatable bonds is 4. The Kier molecular flexibility index (Phi) is 4.01. The molecule has 0 saturated carbocycles. The second kappa shape index (κ2) is 5.09. The lowest BCUT2D eigenvalue weighted by atomic mass is 10.1. The number of carbonyl (C=O) groups excluding carboxylic acids is 1. The smallest absolute Gasteiger partial charge is 0.387 e. The lowest BCUT2D eigenvalue weighted by Gasteiger charge is -2.18. The number of amides is 1. The van der Waals surface area contributed by atoms with Crippen molar-refractivity contribution in [3.05, 3.63) is 24.3 Å². The van der Waals surface area contributed by atoms with E-state index < -0.39 is 18.1 Å². The Morgan fingerprint density at radius 2 is 2.00 bits per heavy atom. The minimum Gasteiger partial charge on any atom is -0.433 e. The molecule has 6 heteroatoms. The average Bonchev–Trinajstić information content (AvgIpc) is 2.18. The fraction of sp³-hybridized carbons (Fsp3) is 0.364. The van der Waals surface area contributed by atoms with Crippen LogP contribution in [0, 0.1) is 0 Å². The zero-order chi connectivity index (χ0) is 13.1. The monoisotopic (exact) mass is 245 g/mol. The molecule has 0 spiro atoms. The van der Waals surface area contributed by atoms with E-state index in [4.69, 9.17) is 0 Å². The van der Waals surface area contributed by atoms with Crippen molar-refractivity contribution in [2.45, 2.75) is 26.1 Å². The normalized spacial score (nSPS) is 11.4. The van der Waals surface area contributed by atoms with Crippen molar-refractivity contribution in [2.24, 2.45) is 0 Å². The third-order valence-corrected chi connectivity index (χ3v) is 1.91. The molecule has 1 rings (SSSR count). The number of hydrogen-bond acceptors (Lipinski definition) is 3. The Morgan fingerprint density at radius 3 is 2.53 bits per heavy atom. The Bertz CT molecular complexity index is 402. The van der Waals surface area contributed by atoms with E-state index >= 15 is 0 Å². The van der Waals surface area contributed by atoms with Crippen LogP contribution in [0.15, 0.2) is 24.3 Å². The summed E-state index contributed by atoms with van der Waals surface area (Å²) in [5.41, 5.74) is -1.52. The Hall–Kier alpha value is -1.69. The third kappa shape index (κ3) is 3.99. The molecular weight excluding hydrogens is 232 g/mol. The molecule has 0 atom stereocenters. The largest absolute Gasteiger partial charge is 0.433 e. The van der Waals surface area contributed by atoms with Crippen molar-refractivity contribution >= 4 is 11.6 Å². The Balaban J connectivity index is 2.87. The van der Waals surface area contributed by atoms with E-state index in [9.17, 15) is 18.7 Å². The molecule has 0 heterocycles. The molecule has 0 saturated heterocycles. The van der Waals surface area contributed by atoms with Crippen LogP contribution in [0.25, 0.3) is 0 Å². The molecule has 1 aromatic rings. The summed E-state index contributed by atoms with van der Waals surface area (Å²) < 4.78 is 28.4. The van der Waals surface area contributed by atoms with Crippen LogP contribution in [-0.2, 0) is 4.79 Å². The SMILES string of the molecule is CC(C)(O)C(=O)Nc1ccccc1OC(F)F. The molecule has 0 unspecified atom stereocenters. The minimum absolute atomic E-state index is 0.0833. The molecule has 94 valence electrons. The molecule has 0 aromatic heterocycles. The van der Waals surface area contributed by atoms with E-state index in [1.807, 2.05) is 0 Å². The highest BCUT2D eigenvalue weighted by Crippen LogP contribution is 2.26. The highest BCUT2D eigenvalue weighted by atomic mass is 19.3. The van der Waals surface area contributed by atoms with Crippen LogP contribution in [0.5, 0.6) is 5.75 Å². The summed E-state index contributed by atoms with van der Waals surface area (Å²) >= 11 is 0. The molecule has 4 nitrogen and oxygen atoms in total. The summed E-state index contributed by atoms with van der Waals surface area (Å²) in [7, 11) is 0. The molecule has 1 amide bonds. The zero-order valence-electron chi connectivity index (χ0n) is 9.41. The van der Waals surface area contributed by atoms with Crippen LogP contribution >= 0.6 is 0 Å². The predicted molar refractivity (Wildman–Crippen MR) is 58.0 cm³/mol. The van der Waals surface area contributed by atoms with Gasteiger partial charge in [-0.3, -0.25) is 4.79 Å². The minimum atomic E-state index is -2.98. The summed E-state index contributed by atoms with van der Waals surface area (Å²) in [4.78, 5) is 11.5. The van der Waals surface area contributed by atoms with Gasteiger partial charge in [0.2, 0.25) is 0 Å². The van der Waals surface area contributed by atoms with Gasteiger partial charge in [0.15, 0.2) is 0 Å². The van der Waals surface area contributed by atoms with Gasteiger partial charge in [0, 0.05) is 0 Å². The molecular formula is C11H13F2NO3. The maximum Gasteiger partial charge on any atom is 0.387 e. The summed E-state index contributed by atoms with van der Waals surface area (Å²) in [5.74, 6) is -0.858. The Labute approximate surface area is 97.2 Å². The summed E-state index contributed by atoms with van der Waals surface area (Å²) in [6.45, 7) is -0.395. The van der Waals surface area contributed by atoms with Crippen LogP contribution in [0.2, 0.25) is 0 Å². The van der Waals surface area contributed by atoms with Crippen molar-refractivity contribution < 1.29 is 23.4 Å². The fourth-order valence-electron chi connectivity index (χ4n) is 1.04.